The second kappa shape index (κ2) is 4.83. The molecule has 3 heteroatoms. The molecule has 0 amide bonds. The van der Waals surface area contributed by atoms with Crippen molar-refractivity contribution in [3.05, 3.63) is 12.2 Å². The quantitative estimate of drug-likeness (QED) is 0.451. The van der Waals surface area contributed by atoms with Crippen LogP contribution in [0.15, 0.2) is 12.2 Å². The second-order valence-electron chi connectivity index (χ2n) is 8.71. The first-order chi connectivity index (χ1) is 10.7. The summed E-state index contributed by atoms with van der Waals surface area (Å²) in [6, 6.07) is 0. The summed E-state index contributed by atoms with van der Waals surface area (Å²) in [5.74, 6) is 3.73. The van der Waals surface area contributed by atoms with Crippen LogP contribution in [0, 0.1) is 35.5 Å². The van der Waals surface area contributed by atoms with E-state index in [0.29, 0.717) is 11.8 Å². The van der Waals surface area contributed by atoms with Crippen molar-refractivity contribution in [1.82, 2.24) is 0 Å². The monoisotopic (exact) mass is 302 g/mol. The molecule has 3 atom stereocenters. The Labute approximate surface area is 132 Å². The molecular weight excluding hydrogens is 276 g/mol. The number of hydrogen-bond donors (Lipinski definition) is 0. The lowest BCUT2D eigenvalue weighted by Crippen LogP contribution is -2.52. The molecule has 0 aromatic rings. The predicted molar refractivity (Wildman–Crippen MR) is 81.8 cm³/mol. The lowest BCUT2D eigenvalue weighted by atomic mass is 9.54. The molecule has 5 fully saturated rings. The maximum absolute atomic E-state index is 12.3. The van der Waals surface area contributed by atoms with E-state index in [-0.39, 0.29) is 24.3 Å². The molecule has 0 aliphatic heterocycles. The van der Waals surface area contributed by atoms with Gasteiger partial charge < -0.3 is 9.47 Å². The number of esters is 1. The van der Waals surface area contributed by atoms with E-state index in [0.717, 1.165) is 30.6 Å². The molecule has 120 valence electrons. The first-order valence-electron chi connectivity index (χ1n) is 9.18. The molecule has 0 N–H and O–H groups in total. The van der Waals surface area contributed by atoms with Crippen LogP contribution in [0.2, 0.25) is 0 Å². The van der Waals surface area contributed by atoms with Gasteiger partial charge in [-0.2, -0.15) is 0 Å². The summed E-state index contributed by atoms with van der Waals surface area (Å²) in [7, 11) is 0. The fourth-order valence-electron chi connectivity index (χ4n) is 6.58. The van der Waals surface area contributed by atoms with Gasteiger partial charge in [0.1, 0.15) is 0 Å². The maximum Gasteiger partial charge on any atom is 0.311 e. The number of ether oxygens (including phenoxy) is 2. The molecule has 3 unspecified atom stereocenters. The fraction of sp³-hybridized carbons (Fsp3) is 0.842. The third-order valence-corrected chi connectivity index (χ3v) is 7.13. The molecule has 0 heterocycles. The number of fused-ring (bicyclic) bond motifs is 2. The normalized spacial score (nSPS) is 50.7. The molecule has 6 bridgehead atoms. The smallest absolute Gasteiger partial charge is 0.311 e. The van der Waals surface area contributed by atoms with E-state index in [2.05, 4.69) is 12.2 Å². The summed E-state index contributed by atoms with van der Waals surface area (Å²) in [6.07, 6.45) is 14.5. The Morgan fingerprint density at radius 2 is 1.64 bits per heavy atom. The van der Waals surface area contributed by atoms with Crippen molar-refractivity contribution in [2.45, 2.75) is 57.0 Å². The largest absolute Gasteiger partial charge is 0.438 e. The van der Waals surface area contributed by atoms with Crippen molar-refractivity contribution in [2.24, 2.45) is 35.5 Å². The van der Waals surface area contributed by atoms with Crippen LogP contribution >= 0.6 is 0 Å². The van der Waals surface area contributed by atoms with Gasteiger partial charge in [0.2, 0.25) is 0 Å². The minimum absolute atomic E-state index is 0.0263. The molecule has 5 saturated carbocycles. The summed E-state index contributed by atoms with van der Waals surface area (Å²) >= 11 is 0. The number of carbonyl (C=O) groups is 1. The zero-order valence-corrected chi connectivity index (χ0v) is 13.2. The van der Waals surface area contributed by atoms with E-state index < -0.39 is 0 Å². The van der Waals surface area contributed by atoms with E-state index in [1.165, 1.54) is 38.5 Å². The summed E-state index contributed by atoms with van der Waals surface area (Å²) in [4.78, 5) is 12.3. The van der Waals surface area contributed by atoms with Gasteiger partial charge in [0, 0.05) is 0 Å². The molecule has 22 heavy (non-hydrogen) atoms. The third-order valence-electron chi connectivity index (χ3n) is 7.13. The lowest BCUT2D eigenvalue weighted by molar-refractivity contribution is -0.212. The number of hydrogen-bond acceptors (Lipinski definition) is 3. The molecule has 0 spiro atoms. The Kier molecular flexibility index (Phi) is 2.99. The Morgan fingerprint density at radius 3 is 2.18 bits per heavy atom. The van der Waals surface area contributed by atoms with Crippen LogP contribution in [0.1, 0.15) is 51.4 Å². The highest BCUT2D eigenvalue weighted by Crippen LogP contribution is 2.57. The van der Waals surface area contributed by atoms with E-state index in [1.807, 2.05) is 0 Å². The van der Waals surface area contributed by atoms with E-state index in [1.54, 1.807) is 0 Å². The highest BCUT2D eigenvalue weighted by molar-refractivity contribution is 5.74. The van der Waals surface area contributed by atoms with E-state index >= 15 is 0 Å². The molecular formula is C19H26O3. The fourth-order valence-corrected chi connectivity index (χ4v) is 6.58. The SMILES string of the molecule is O=C(OCOC12CC3CC(CC(C3)C1)C2)C1CC2C=CC1C2. The van der Waals surface area contributed by atoms with Gasteiger partial charge in [-0.3, -0.25) is 4.79 Å². The molecule has 0 saturated heterocycles. The summed E-state index contributed by atoms with van der Waals surface area (Å²) in [5.41, 5.74) is 0.0453. The van der Waals surface area contributed by atoms with Crippen LogP contribution in [0.25, 0.3) is 0 Å². The Bertz CT molecular complexity index is 474. The van der Waals surface area contributed by atoms with Crippen molar-refractivity contribution in [3.63, 3.8) is 0 Å². The van der Waals surface area contributed by atoms with Gasteiger partial charge in [-0.1, -0.05) is 12.2 Å². The van der Waals surface area contributed by atoms with Crippen molar-refractivity contribution in [1.29, 1.82) is 0 Å². The first kappa shape index (κ1) is 13.6. The van der Waals surface area contributed by atoms with Crippen LogP contribution in [0.4, 0.5) is 0 Å². The molecule has 6 aliphatic carbocycles. The molecule has 0 aromatic carbocycles. The van der Waals surface area contributed by atoms with Gasteiger partial charge >= 0.3 is 5.97 Å². The Morgan fingerprint density at radius 1 is 0.955 bits per heavy atom. The van der Waals surface area contributed by atoms with E-state index in [9.17, 15) is 4.79 Å². The van der Waals surface area contributed by atoms with Crippen LogP contribution < -0.4 is 0 Å². The summed E-state index contributed by atoms with van der Waals surface area (Å²) < 4.78 is 11.7. The van der Waals surface area contributed by atoms with Crippen molar-refractivity contribution < 1.29 is 14.3 Å². The standard InChI is InChI=1S/C19H26O3/c20-18(17-7-12-1-2-16(17)6-12)21-11-22-19-8-13-3-14(9-19)5-15(4-13)10-19/h1-2,12-17H,3-11H2. The zero-order valence-electron chi connectivity index (χ0n) is 13.2. The predicted octanol–water partition coefficient (Wildman–Crippen LogP) is 3.68. The van der Waals surface area contributed by atoms with Gasteiger partial charge in [-0.15, -0.1) is 0 Å². The minimum Gasteiger partial charge on any atom is -0.438 e. The molecule has 3 nitrogen and oxygen atoms in total. The number of carbonyl (C=O) groups excluding carboxylic acids is 1. The van der Waals surface area contributed by atoms with Crippen molar-refractivity contribution >= 4 is 5.97 Å². The molecule has 0 radical (unpaired) electrons. The zero-order chi connectivity index (χ0) is 14.7. The number of allylic oxidation sites excluding steroid dienone is 2. The van der Waals surface area contributed by atoms with Gasteiger partial charge in [-0.05, 0) is 81.0 Å². The van der Waals surface area contributed by atoms with Gasteiger partial charge in [0.05, 0.1) is 11.5 Å². The van der Waals surface area contributed by atoms with Gasteiger partial charge in [0.25, 0.3) is 0 Å². The van der Waals surface area contributed by atoms with Crippen molar-refractivity contribution in [2.75, 3.05) is 6.79 Å². The highest BCUT2D eigenvalue weighted by atomic mass is 16.7. The van der Waals surface area contributed by atoms with Crippen molar-refractivity contribution in [3.8, 4) is 0 Å². The average Bonchev–Trinajstić information content (AvgIpc) is 3.08. The number of rotatable bonds is 4. The van der Waals surface area contributed by atoms with Gasteiger partial charge in [-0.25, -0.2) is 0 Å². The molecule has 6 rings (SSSR count). The Hall–Kier alpha value is -0.830. The molecule has 6 aliphatic rings. The second-order valence-corrected chi connectivity index (χ2v) is 8.71. The van der Waals surface area contributed by atoms with Gasteiger partial charge in [0.15, 0.2) is 6.79 Å². The summed E-state index contributed by atoms with van der Waals surface area (Å²) in [5, 5.41) is 0. The van der Waals surface area contributed by atoms with Crippen LogP contribution in [0.3, 0.4) is 0 Å². The van der Waals surface area contributed by atoms with E-state index in [4.69, 9.17) is 9.47 Å². The third kappa shape index (κ3) is 2.16. The maximum atomic E-state index is 12.3. The summed E-state index contributed by atoms with van der Waals surface area (Å²) in [6.45, 7) is 0.183. The molecule has 0 aromatic heterocycles. The first-order valence-corrected chi connectivity index (χ1v) is 9.18. The highest BCUT2D eigenvalue weighted by Gasteiger charge is 2.52. The van der Waals surface area contributed by atoms with Crippen LogP contribution in [-0.4, -0.2) is 18.4 Å². The average molecular weight is 302 g/mol. The minimum atomic E-state index is -0.0263. The Balaban J connectivity index is 1.16. The van der Waals surface area contributed by atoms with Crippen LogP contribution in [0.5, 0.6) is 0 Å². The lowest BCUT2D eigenvalue weighted by Gasteiger charge is -2.56. The topological polar surface area (TPSA) is 35.5 Å². The van der Waals surface area contributed by atoms with Crippen LogP contribution in [-0.2, 0) is 14.3 Å².